The fourth-order valence-electron chi connectivity index (χ4n) is 0.446. The summed E-state index contributed by atoms with van der Waals surface area (Å²) >= 11 is 0. The van der Waals surface area contributed by atoms with Crippen LogP contribution in [-0.4, -0.2) is 6.54 Å². The minimum atomic E-state index is 0.906. The smallest absolute Gasteiger partial charge is 0.0327 e. The molecule has 1 heteroatoms. The normalized spacial score (nSPS) is 10.0. The van der Waals surface area contributed by atoms with Gasteiger partial charge in [0.05, 0.1) is 0 Å². The van der Waals surface area contributed by atoms with E-state index < -0.39 is 0 Å². The van der Waals surface area contributed by atoms with Gasteiger partial charge in [-0.15, -0.1) is 0 Å². The molecule has 0 rings (SSSR count). The maximum atomic E-state index is 3.80. The Balaban J connectivity index is 3.17. The van der Waals surface area contributed by atoms with E-state index in [0.717, 1.165) is 18.7 Å². The lowest BCUT2D eigenvalue weighted by atomic mass is 10.4. The number of hydrogen-bond acceptors (Lipinski definition) is 1. The third-order valence-corrected chi connectivity index (χ3v) is 1.13. The summed E-state index contributed by atoms with van der Waals surface area (Å²) in [5, 5.41) is 3.15. The van der Waals surface area contributed by atoms with Gasteiger partial charge in [0.25, 0.3) is 0 Å². The molecule has 0 saturated heterocycles. The second-order valence-electron chi connectivity index (χ2n) is 1.91. The van der Waals surface area contributed by atoms with Crippen molar-refractivity contribution in [3.63, 3.8) is 0 Å². The summed E-state index contributed by atoms with van der Waals surface area (Å²) in [4.78, 5) is 0. The van der Waals surface area contributed by atoms with Crippen molar-refractivity contribution in [2.75, 3.05) is 6.54 Å². The quantitative estimate of drug-likeness (QED) is 0.567. The Morgan fingerprint density at radius 2 is 2.33 bits per heavy atom. The summed E-state index contributed by atoms with van der Waals surface area (Å²) in [5.41, 5.74) is 1.10. The number of rotatable bonds is 4. The first-order valence-corrected chi connectivity index (χ1v) is 3.34. The SMILES string of the molecule is C=C(CC)NC/C=C/C. The maximum Gasteiger partial charge on any atom is 0.0327 e. The van der Waals surface area contributed by atoms with Crippen molar-refractivity contribution in [1.29, 1.82) is 0 Å². The van der Waals surface area contributed by atoms with E-state index in [1.807, 2.05) is 13.0 Å². The van der Waals surface area contributed by atoms with Crippen LogP contribution in [0.3, 0.4) is 0 Å². The van der Waals surface area contributed by atoms with Crippen LogP contribution in [0.15, 0.2) is 24.4 Å². The van der Waals surface area contributed by atoms with Crippen LogP contribution in [0.1, 0.15) is 20.3 Å². The van der Waals surface area contributed by atoms with Gasteiger partial charge in [-0.25, -0.2) is 0 Å². The van der Waals surface area contributed by atoms with Gasteiger partial charge in [-0.3, -0.25) is 0 Å². The first-order valence-electron chi connectivity index (χ1n) is 3.34. The van der Waals surface area contributed by atoms with Crippen LogP contribution in [-0.2, 0) is 0 Å². The molecule has 0 aromatic carbocycles. The summed E-state index contributed by atoms with van der Waals surface area (Å²) in [6.45, 7) is 8.80. The second kappa shape index (κ2) is 5.42. The molecule has 0 aliphatic rings. The van der Waals surface area contributed by atoms with Gasteiger partial charge in [-0.1, -0.05) is 25.7 Å². The van der Waals surface area contributed by atoms with Gasteiger partial charge in [0.1, 0.15) is 0 Å². The van der Waals surface area contributed by atoms with Crippen molar-refractivity contribution < 1.29 is 0 Å². The van der Waals surface area contributed by atoms with Gasteiger partial charge in [0.15, 0.2) is 0 Å². The standard InChI is InChI=1S/C8H15N/c1-4-6-7-9-8(3)5-2/h4,6,9H,3,5,7H2,1-2H3/b6-4+. The van der Waals surface area contributed by atoms with Crippen molar-refractivity contribution in [2.24, 2.45) is 0 Å². The largest absolute Gasteiger partial charge is 0.385 e. The molecule has 0 spiro atoms. The molecule has 9 heavy (non-hydrogen) atoms. The molecule has 0 bridgehead atoms. The van der Waals surface area contributed by atoms with E-state index >= 15 is 0 Å². The molecule has 52 valence electrons. The van der Waals surface area contributed by atoms with Crippen molar-refractivity contribution in [3.05, 3.63) is 24.4 Å². The molecule has 0 atom stereocenters. The predicted octanol–water partition coefficient (Wildman–Crippen LogP) is 2.08. The van der Waals surface area contributed by atoms with Crippen LogP contribution in [0.2, 0.25) is 0 Å². The minimum Gasteiger partial charge on any atom is -0.385 e. The lowest BCUT2D eigenvalue weighted by molar-refractivity contribution is 0.849. The summed E-state index contributed by atoms with van der Waals surface area (Å²) < 4.78 is 0. The molecule has 0 heterocycles. The average Bonchev–Trinajstić information content (AvgIpc) is 1.89. The number of hydrogen-bond donors (Lipinski definition) is 1. The first-order chi connectivity index (χ1) is 4.31. The molecular formula is C8H15N. The molecule has 1 N–H and O–H groups in total. The summed E-state index contributed by atoms with van der Waals surface area (Å²) in [6, 6.07) is 0. The van der Waals surface area contributed by atoms with Gasteiger partial charge in [0, 0.05) is 12.2 Å². The van der Waals surface area contributed by atoms with Crippen LogP contribution in [0.4, 0.5) is 0 Å². The molecule has 0 radical (unpaired) electrons. The highest BCUT2D eigenvalue weighted by Crippen LogP contribution is 1.88. The maximum absolute atomic E-state index is 3.80. The zero-order valence-corrected chi connectivity index (χ0v) is 6.28. The zero-order chi connectivity index (χ0) is 7.11. The molecule has 0 fully saturated rings. The molecule has 0 amide bonds. The number of nitrogens with one attached hydrogen (secondary N) is 1. The topological polar surface area (TPSA) is 12.0 Å². The molecule has 0 aliphatic heterocycles. The van der Waals surface area contributed by atoms with Crippen LogP contribution < -0.4 is 5.32 Å². The van der Waals surface area contributed by atoms with Crippen molar-refractivity contribution in [3.8, 4) is 0 Å². The Hall–Kier alpha value is -0.720. The van der Waals surface area contributed by atoms with E-state index in [0.29, 0.717) is 0 Å². The van der Waals surface area contributed by atoms with Crippen LogP contribution in [0, 0.1) is 0 Å². The van der Waals surface area contributed by atoms with Gasteiger partial charge in [0.2, 0.25) is 0 Å². The molecule has 1 nitrogen and oxygen atoms in total. The highest BCUT2D eigenvalue weighted by molar-refractivity contribution is 4.93. The molecule has 0 unspecified atom stereocenters. The lowest BCUT2D eigenvalue weighted by Crippen LogP contribution is -2.10. The molecule has 0 saturated carbocycles. The summed E-state index contributed by atoms with van der Waals surface area (Å²) in [7, 11) is 0. The van der Waals surface area contributed by atoms with Crippen LogP contribution >= 0.6 is 0 Å². The molecular weight excluding hydrogens is 110 g/mol. The van der Waals surface area contributed by atoms with Crippen molar-refractivity contribution in [1.82, 2.24) is 5.32 Å². The predicted molar refractivity (Wildman–Crippen MR) is 42.2 cm³/mol. The van der Waals surface area contributed by atoms with Crippen LogP contribution in [0.5, 0.6) is 0 Å². The van der Waals surface area contributed by atoms with E-state index in [-0.39, 0.29) is 0 Å². The zero-order valence-electron chi connectivity index (χ0n) is 6.28. The third-order valence-electron chi connectivity index (χ3n) is 1.13. The van der Waals surface area contributed by atoms with Crippen molar-refractivity contribution in [2.45, 2.75) is 20.3 Å². The van der Waals surface area contributed by atoms with Gasteiger partial charge >= 0.3 is 0 Å². The Labute approximate surface area is 57.5 Å². The lowest BCUT2D eigenvalue weighted by Gasteiger charge is -2.01. The summed E-state index contributed by atoms with van der Waals surface area (Å²) in [5.74, 6) is 0. The molecule has 0 aliphatic carbocycles. The van der Waals surface area contributed by atoms with E-state index in [2.05, 4.69) is 24.9 Å². The Morgan fingerprint density at radius 3 is 2.78 bits per heavy atom. The van der Waals surface area contributed by atoms with Gasteiger partial charge < -0.3 is 5.32 Å². The first kappa shape index (κ1) is 8.28. The van der Waals surface area contributed by atoms with Gasteiger partial charge in [-0.2, -0.15) is 0 Å². The van der Waals surface area contributed by atoms with Gasteiger partial charge in [-0.05, 0) is 13.3 Å². The monoisotopic (exact) mass is 125 g/mol. The fourth-order valence-corrected chi connectivity index (χ4v) is 0.446. The minimum absolute atomic E-state index is 0.906. The van der Waals surface area contributed by atoms with Crippen molar-refractivity contribution >= 4 is 0 Å². The highest BCUT2D eigenvalue weighted by atomic mass is 14.9. The second-order valence-corrected chi connectivity index (χ2v) is 1.91. The van der Waals surface area contributed by atoms with E-state index in [1.165, 1.54) is 0 Å². The third kappa shape index (κ3) is 5.15. The Morgan fingerprint density at radius 1 is 1.67 bits per heavy atom. The molecule has 0 aromatic rings. The summed E-state index contributed by atoms with van der Waals surface area (Å²) in [6.07, 6.45) is 5.11. The fraction of sp³-hybridized carbons (Fsp3) is 0.500. The van der Waals surface area contributed by atoms with Crippen LogP contribution in [0.25, 0.3) is 0 Å². The Bertz CT molecular complexity index is 103. The van der Waals surface area contributed by atoms with E-state index in [9.17, 15) is 0 Å². The van der Waals surface area contributed by atoms with E-state index in [4.69, 9.17) is 0 Å². The number of allylic oxidation sites excluding steroid dienone is 2. The highest BCUT2D eigenvalue weighted by Gasteiger charge is 1.81. The average molecular weight is 125 g/mol. The van der Waals surface area contributed by atoms with E-state index in [1.54, 1.807) is 0 Å². The molecule has 0 aromatic heterocycles. The Kier molecular flexibility index (Phi) is 4.98.